The fraction of sp³-hybridized carbons (Fsp3) is 0.409. The molecule has 1 amide bonds. The SMILES string of the molecule is CCc1cc(CN)c(O)c2c1CC1CC3CC(=O)C(C(N)=O)=C(O)C3C(=O)C1=C2O.O.[HH].[HH]. The van der Waals surface area contributed by atoms with Gasteiger partial charge in [-0.3, -0.25) is 14.4 Å². The molecule has 9 heteroatoms. The number of benzene rings is 1. The summed E-state index contributed by atoms with van der Waals surface area (Å²) in [5.41, 5.74) is 12.9. The minimum atomic E-state index is -1.11. The number of phenols is 1. The minimum Gasteiger partial charge on any atom is -0.511 e. The van der Waals surface area contributed by atoms with E-state index in [9.17, 15) is 29.7 Å². The van der Waals surface area contributed by atoms with Gasteiger partial charge >= 0.3 is 0 Å². The number of aromatic hydroxyl groups is 1. The van der Waals surface area contributed by atoms with E-state index >= 15 is 0 Å². The zero-order valence-electron chi connectivity index (χ0n) is 17.1. The molecule has 1 saturated carbocycles. The molecule has 9 nitrogen and oxygen atoms in total. The molecule has 9 N–H and O–H groups in total. The first kappa shape index (κ1) is 22.5. The maximum Gasteiger partial charge on any atom is 0.255 e. The Morgan fingerprint density at radius 2 is 1.87 bits per heavy atom. The second-order valence-corrected chi connectivity index (χ2v) is 8.21. The summed E-state index contributed by atoms with van der Waals surface area (Å²) in [6, 6.07) is 1.82. The second kappa shape index (κ2) is 7.82. The van der Waals surface area contributed by atoms with Crippen molar-refractivity contribution in [3.05, 3.63) is 45.2 Å². The molecule has 3 atom stereocenters. The van der Waals surface area contributed by atoms with Crippen LogP contribution in [0.2, 0.25) is 0 Å². The summed E-state index contributed by atoms with van der Waals surface area (Å²) in [7, 11) is 0. The van der Waals surface area contributed by atoms with Crippen molar-refractivity contribution in [3.63, 3.8) is 0 Å². The molecule has 31 heavy (non-hydrogen) atoms. The number of primary amides is 1. The topological polar surface area (TPSA) is 195 Å². The molecule has 0 aromatic heterocycles. The van der Waals surface area contributed by atoms with E-state index in [1.165, 1.54) is 0 Å². The van der Waals surface area contributed by atoms with E-state index in [1.54, 1.807) is 0 Å². The molecule has 0 heterocycles. The van der Waals surface area contributed by atoms with Gasteiger partial charge in [0.1, 0.15) is 22.8 Å². The molecular formula is C22H30N2O7. The van der Waals surface area contributed by atoms with Crippen LogP contribution in [0.3, 0.4) is 0 Å². The predicted octanol–water partition coefficient (Wildman–Crippen LogP) is 0.997. The lowest BCUT2D eigenvalue weighted by molar-refractivity contribution is -0.127. The van der Waals surface area contributed by atoms with Crippen LogP contribution >= 0.6 is 0 Å². The van der Waals surface area contributed by atoms with Crippen molar-refractivity contribution in [1.82, 2.24) is 0 Å². The van der Waals surface area contributed by atoms with Crippen LogP contribution in [-0.4, -0.2) is 38.3 Å². The van der Waals surface area contributed by atoms with Gasteiger partial charge in [-0.1, -0.05) is 13.0 Å². The second-order valence-electron chi connectivity index (χ2n) is 8.21. The summed E-state index contributed by atoms with van der Waals surface area (Å²) in [6.07, 6.45) is 1.41. The zero-order valence-corrected chi connectivity index (χ0v) is 17.1. The van der Waals surface area contributed by atoms with Crippen LogP contribution in [0, 0.1) is 17.8 Å². The standard InChI is InChI=1S/C22H24N2O6.H2O.2H2/c1-2-8-3-11(7-23)18(26)16-12(8)5-9-4-10-6-13(25)17(22(24)30)21(29)15(10)19(27)14(9)20(16)28;;;/h3,9-10,15,26,28-29H,2,4-7,23H2,1H3,(H2,24,30);1H2;2*1H. The summed E-state index contributed by atoms with van der Waals surface area (Å²) in [4.78, 5) is 37.3. The number of phenolic OH excluding ortho intramolecular Hbond substituents is 1. The summed E-state index contributed by atoms with van der Waals surface area (Å²) in [5.74, 6) is -5.21. The fourth-order valence-electron chi connectivity index (χ4n) is 5.32. The van der Waals surface area contributed by atoms with Crippen molar-refractivity contribution in [1.29, 1.82) is 0 Å². The van der Waals surface area contributed by atoms with Gasteiger partial charge in [0.2, 0.25) is 0 Å². The number of allylic oxidation sites excluding steroid dienone is 2. The van der Waals surface area contributed by atoms with E-state index in [0.29, 0.717) is 24.8 Å². The first-order valence-electron chi connectivity index (χ1n) is 10.0. The molecule has 0 radical (unpaired) electrons. The van der Waals surface area contributed by atoms with Gasteiger partial charge < -0.3 is 32.3 Å². The van der Waals surface area contributed by atoms with E-state index in [1.807, 2.05) is 13.0 Å². The van der Waals surface area contributed by atoms with Gasteiger partial charge in [-0.05, 0) is 42.2 Å². The number of nitrogens with two attached hydrogens (primary N) is 2. The zero-order chi connectivity index (χ0) is 21.9. The largest absolute Gasteiger partial charge is 0.511 e. The van der Waals surface area contributed by atoms with E-state index in [0.717, 1.165) is 11.1 Å². The molecule has 1 fully saturated rings. The molecule has 0 spiro atoms. The number of ketones is 2. The quantitative estimate of drug-likeness (QED) is 0.437. The Morgan fingerprint density at radius 3 is 2.45 bits per heavy atom. The highest BCUT2D eigenvalue weighted by molar-refractivity contribution is 6.21. The first-order valence-corrected chi connectivity index (χ1v) is 10.0. The summed E-state index contributed by atoms with van der Waals surface area (Å²) in [6.45, 7) is 2.03. The molecule has 3 unspecified atom stereocenters. The predicted molar refractivity (Wildman–Crippen MR) is 115 cm³/mol. The maximum atomic E-state index is 13.3. The molecule has 4 rings (SSSR count). The Hall–Kier alpha value is -3.17. The number of aliphatic hydroxyl groups is 2. The van der Waals surface area contributed by atoms with Crippen LogP contribution in [0.25, 0.3) is 5.76 Å². The van der Waals surface area contributed by atoms with E-state index in [-0.39, 0.29) is 49.9 Å². The summed E-state index contributed by atoms with van der Waals surface area (Å²) in [5, 5.41) is 32.3. The van der Waals surface area contributed by atoms with Crippen molar-refractivity contribution in [2.24, 2.45) is 29.2 Å². The molecule has 3 aliphatic rings. The van der Waals surface area contributed by atoms with Gasteiger partial charge in [-0.2, -0.15) is 0 Å². The van der Waals surface area contributed by atoms with Crippen LogP contribution in [0.1, 0.15) is 44.9 Å². The number of fused-ring (bicyclic) bond motifs is 3. The van der Waals surface area contributed by atoms with Gasteiger partial charge in [-0.15, -0.1) is 0 Å². The average Bonchev–Trinajstić information content (AvgIpc) is 2.67. The number of carbonyl (C=O) groups excluding carboxylic acids is 3. The Morgan fingerprint density at radius 1 is 1.19 bits per heavy atom. The normalized spacial score (nSPS) is 24.9. The van der Waals surface area contributed by atoms with Crippen LogP contribution < -0.4 is 11.5 Å². The summed E-state index contributed by atoms with van der Waals surface area (Å²) >= 11 is 0. The Labute approximate surface area is 181 Å². The van der Waals surface area contributed by atoms with Crippen molar-refractivity contribution in [2.75, 3.05) is 0 Å². The van der Waals surface area contributed by atoms with Gasteiger partial charge in [0.25, 0.3) is 5.91 Å². The summed E-state index contributed by atoms with van der Waals surface area (Å²) < 4.78 is 0. The van der Waals surface area contributed by atoms with Gasteiger partial charge in [0, 0.05) is 27.0 Å². The number of aryl methyl sites for hydroxylation is 1. The van der Waals surface area contributed by atoms with Crippen LogP contribution in [0.5, 0.6) is 5.75 Å². The molecule has 1 aromatic rings. The highest BCUT2D eigenvalue weighted by Crippen LogP contribution is 2.51. The van der Waals surface area contributed by atoms with E-state index in [4.69, 9.17) is 11.5 Å². The van der Waals surface area contributed by atoms with Crippen LogP contribution in [0.15, 0.2) is 23.0 Å². The smallest absolute Gasteiger partial charge is 0.255 e. The van der Waals surface area contributed by atoms with Gasteiger partial charge in [0.05, 0.1) is 11.5 Å². The number of aliphatic hydroxyl groups excluding tert-OH is 2. The lowest BCUT2D eigenvalue weighted by Crippen LogP contribution is -2.44. The average molecular weight is 434 g/mol. The third kappa shape index (κ3) is 3.12. The lowest BCUT2D eigenvalue weighted by Gasteiger charge is -2.41. The van der Waals surface area contributed by atoms with Gasteiger partial charge in [-0.25, -0.2) is 0 Å². The molecule has 0 bridgehead atoms. The Kier molecular flexibility index (Phi) is 5.68. The van der Waals surface area contributed by atoms with Crippen molar-refractivity contribution >= 4 is 23.2 Å². The van der Waals surface area contributed by atoms with E-state index < -0.39 is 40.6 Å². The number of carbonyl (C=O) groups is 3. The fourth-order valence-corrected chi connectivity index (χ4v) is 5.32. The number of amides is 1. The number of Topliss-reactive ketones (excluding diaryl/α,β-unsaturated/α-hetero) is 2. The third-order valence-electron chi connectivity index (χ3n) is 6.66. The Balaban J connectivity index is 0.00000181. The van der Waals surface area contributed by atoms with Gasteiger partial charge in [0.15, 0.2) is 11.6 Å². The molecule has 0 aliphatic heterocycles. The third-order valence-corrected chi connectivity index (χ3v) is 6.66. The number of hydrogen-bond donors (Lipinski definition) is 5. The Bertz CT molecular complexity index is 1080. The van der Waals surface area contributed by atoms with Crippen molar-refractivity contribution in [2.45, 2.75) is 39.2 Å². The highest BCUT2D eigenvalue weighted by Gasteiger charge is 2.51. The number of hydrogen-bond acceptors (Lipinski definition) is 7. The molecule has 170 valence electrons. The molecular weight excluding hydrogens is 404 g/mol. The van der Waals surface area contributed by atoms with E-state index in [2.05, 4.69) is 0 Å². The molecule has 0 saturated heterocycles. The maximum absolute atomic E-state index is 13.3. The van der Waals surface area contributed by atoms with Crippen molar-refractivity contribution < 1.29 is 38.0 Å². The monoisotopic (exact) mass is 434 g/mol. The van der Waals surface area contributed by atoms with Crippen LogP contribution in [-0.2, 0) is 33.8 Å². The van der Waals surface area contributed by atoms with Crippen LogP contribution in [0.4, 0.5) is 0 Å². The highest BCUT2D eigenvalue weighted by atomic mass is 16.3. The lowest BCUT2D eigenvalue weighted by atomic mass is 9.61. The molecule has 1 aromatic carbocycles. The molecule has 3 aliphatic carbocycles. The number of rotatable bonds is 3. The van der Waals surface area contributed by atoms with Crippen molar-refractivity contribution in [3.8, 4) is 5.75 Å². The first-order chi connectivity index (χ1) is 14.2. The minimum absolute atomic E-state index is 0.